The Balaban J connectivity index is 1.01. The monoisotopic (exact) mass is 736 g/mol. The molecule has 7 rings (SSSR count). The molecule has 0 bridgehead atoms. The van der Waals surface area contributed by atoms with E-state index >= 15 is 0 Å². The van der Waals surface area contributed by atoms with Crippen LogP contribution < -0.4 is 10.6 Å². The zero-order chi connectivity index (χ0) is 37.9. The Kier molecular flexibility index (Phi) is 10.7. The van der Waals surface area contributed by atoms with E-state index in [9.17, 15) is 19.2 Å². The minimum atomic E-state index is -0.685. The van der Waals surface area contributed by atoms with Crippen molar-refractivity contribution in [2.75, 3.05) is 20.8 Å². The third-order valence-electron chi connectivity index (χ3n) is 11.0. The van der Waals surface area contributed by atoms with Gasteiger partial charge in [0, 0.05) is 12.6 Å². The van der Waals surface area contributed by atoms with Crippen molar-refractivity contribution in [1.29, 1.82) is 0 Å². The predicted molar refractivity (Wildman–Crippen MR) is 201 cm³/mol. The van der Waals surface area contributed by atoms with Crippen LogP contribution in [0.2, 0.25) is 0 Å². The number of aromatic nitrogens is 4. The fourth-order valence-electron chi connectivity index (χ4n) is 8.15. The van der Waals surface area contributed by atoms with Crippen LogP contribution >= 0.6 is 0 Å². The second-order valence-corrected chi connectivity index (χ2v) is 14.7. The molecule has 2 aromatic carbocycles. The number of H-pyrrole nitrogens is 2. The minimum Gasteiger partial charge on any atom is -0.453 e. The summed E-state index contributed by atoms with van der Waals surface area (Å²) in [5.74, 6) is 1.16. The number of nitrogens with one attached hydrogen (secondary N) is 4. The zero-order valence-electron chi connectivity index (χ0n) is 31.1. The first-order chi connectivity index (χ1) is 26.1. The fraction of sp³-hybridized carbons (Fsp3) is 0.450. The maximum Gasteiger partial charge on any atom is 0.407 e. The van der Waals surface area contributed by atoms with Crippen LogP contribution in [0, 0.1) is 5.92 Å². The Morgan fingerprint density at radius 1 is 0.741 bits per heavy atom. The summed E-state index contributed by atoms with van der Waals surface area (Å²) in [6.45, 7) is 4.40. The van der Waals surface area contributed by atoms with Crippen LogP contribution in [-0.4, -0.2) is 92.6 Å². The molecule has 4 amide bonds. The van der Waals surface area contributed by atoms with Gasteiger partial charge in [0.15, 0.2) is 0 Å². The van der Waals surface area contributed by atoms with E-state index in [1.165, 1.54) is 14.2 Å². The van der Waals surface area contributed by atoms with E-state index in [1.54, 1.807) is 6.20 Å². The number of hydrogen-bond donors (Lipinski definition) is 4. The topological polar surface area (TPSA) is 175 Å². The Morgan fingerprint density at radius 2 is 1.31 bits per heavy atom. The number of benzene rings is 2. The quantitative estimate of drug-likeness (QED) is 0.159. The molecule has 3 aliphatic rings. The van der Waals surface area contributed by atoms with Gasteiger partial charge in [-0.3, -0.25) is 9.59 Å². The van der Waals surface area contributed by atoms with Crippen molar-refractivity contribution in [1.82, 2.24) is 40.4 Å². The highest BCUT2D eigenvalue weighted by molar-refractivity contribution is 5.87. The smallest absolute Gasteiger partial charge is 0.407 e. The molecule has 5 atom stereocenters. The van der Waals surface area contributed by atoms with Crippen LogP contribution in [0.15, 0.2) is 60.9 Å². The first-order valence-corrected chi connectivity index (χ1v) is 18.8. The van der Waals surface area contributed by atoms with E-state index in [-0.39, 0.29) is 35.9 Å². The molecule has 14 heteroatoms. The summed E-state index contributed by atoms with van der Waals surface area (Å²) >= 11 is 0. The third kappa shape index (κ3) is 7.42. The van der Waals surface area contributed by atoms with E-state index in [2.05, 4.69) is 74.1 Å². The van der Waals surface area contributed by atoms with Crippen LogP contribution in [0.4, 0.5) is 9.59 Å². The number of methoxy groups -OCH3 is 2. The van der Waals surface area contributed by atoms with Gasteiger partial charge in [0.2, 0.25) is 11.8 Å². The van der Waals surface area contributed by atoms with E-state index in [0.717, 1.165) is 83.8 Å². The van der Waals surface area contributed by atoms with Crippen LogP contribution in [0.5, 0.6) is 0 Å². The van der Waals surface area contributed by atoms with Gasteiger partial charge in [0.05, 0.1) is 50.1 Å². The maximum absolute atomic E-state index is 13.6. The molecule has 2 aromatic heterocycles. The molecular weight excluding hydrogens is 688 g/mol. The SMILES string of the molecule is COC(=O)NC(C(=O)N1CCC[C@H]1c1ncc(-c2ccc(-c3ccc(-c4cnc([C@@H]5CC[C@H]6CCC[C@H](NC(=O)OC)C(=O)N65)[nH]4)cc3)cc2)[nH]1)C(C)C. The average molecular weight is 737 g/mol. The van der Waals surface area contributed by atoms with Crippen molar-refractivity contribution in [2.45, 2.75) is 89.0 Å². The molecule has 4 N–H and O–H groups in total. The molecular formula is C40H48N8O6. The third-order valence-corrected chi connectivity index (χ3v) is 11.0. The van der Waals surface area contributed by atoms with Gasteiger partial charge in [-0.15, -0.1) is 0 Å². The van der Waals surface area contributed by atoms with Gasteiger partial charge in [-0.05, 0) is 73.1 Å². The highest BCUT2D eigenvalue weighted by atomic mass is 16.5. The van der Waals surface area contributed by atoms with Crippen molar-refractivity contribution < 1.29 is 28.7 Å². The van der Waals surface area contributed by atoms with Crippen LogP contribution in [-0.2, 0) is 19.1 Å². The lowest BCUT2D eigenvalue weighted by atomic mass is 10.0. The number of ether oxygens (including phenoxy) is 2. The summed E-state index contributed by atoms with van der Waals surface area (Å²) in [6, 6.07) is 15.0. The van der Waals surface area contributed by atoms with Gasteiger partial charge in [-0.2, -0.15) is 0 Å². The minimum absolute atomic E-state index is 0.0785. The van der Waals surface area contributed by atoms with Gasteiger partial charge in [-0.25, -0.2) is 19.6 Å². The molecule has 3 fully saturated rings. The maximum atomic E-state index is 13.6. The van der Waals surface area contributed by atoms with E-state index in [4.69, 9.17) is 14.5 Å². The molecule has 54 heavy (non-hydrogen) atoms. The molecule has 1 unspecified atom stereocenters. The highest BCUT2D eigenvalue weighted by Crippen LogP contribution is 2.40. The Bertz CT molecular complexity index is 1970. The fourth-order valence-corrected chi connectivity index (χ4v) is 8.15. The number of likely N-dealkylation sites (tertiary alicyclic amines) is 1. The van der Waals surface area contributed by atoms with Crippen molar-refractivity contribution in [2.24, 2.45) is 5.92 Å². The number of nitrogens with zero attached hydrogens (tertiary/aromatic N) is 4. The van der Waals surface area contributed by atoms with Crippen LogP contribution in [0.1, 0.15) is 82.5 Å². The van der Waals surface area contributed by atoms with Gasteiger partial charge >= 0.3 is 12.2 Å². The van der Waals surface area contributed by atoms with Gasteiger partial charge in [0.1, 0.15) is 23.7 Å². The second kappa shape index (κ2) is 15.7. The molecule has 0 spiro atoms. The molecule has 0 aliphatic carbocycles. The first-order valence-electron chi connectivity index (χ1n) is 18.8. The molecule has 3 saturated heterocycles. The summed E-state index contributed by atoms with van der Waals surface area (Å²) in [4.78, 5) is 71.0. The number of aromatic amines is 2. The van der Waals surface area contributed by atoms with Crippen molar-refractivity contribution >= 4 is 24.0 Å². The van der Waals surface area contributed by atoms with E-state index < -0.39 is 24.3 Å². The number of rotatable bonds is 9. The second-order valence-electron chi connectivity index (χ2n) is 14.7. The number of fused-ring (bicyclic) bond motifs is 1. The molecule has 4 aromatic rings. The number of amides is 4. The number of alkyl carbamates (subject to hydrolysis) is 2. The van der Waals surface area contributed by atoms with Crippen molar-refractivity contribution in [3.63, 3.8) is 0 Å². The molecule has 0 radical (unpaired) electrons. The van der Waals surface area contributed by atoms with Gasteiger partial charge < -0.3 is 39.9 Å². The number of carbonyl (C=O) groups is 4. The van der Waals surface area contributed by atoms with Crippen molar-refractivity contribution in [3.8, 4) is 33.6 Å². The average Bonchev–Trinajstić information content (AvgIpc) is 4.02. The summed E-state index contributed by atoms with van der Waals surface area (Å²) in [7, 11) is 2.59. The zero-order valence-corrected chi connectivity index (χ0v) is 31.1. The molecule has 5 heterocycles. The lowest BCUT2D eigenvalue weighted by molar-refractivity contribution is -0.136. The molecule has 14 nitrogen and oxygen atoms in total. The van der Waals surface area contributed by atoms with E-state index in [1.807, 2.05) is 29.8 Å². The van der Waals surface area contributed by atoms with Crippen LogP contribution in [0.25, 0.3) is 33.6 Å². The molecule has 284 valence electrons. The normalized spacial score (nSPS) is 21.8. The number of imidazole rings is 2. The predicted octanol–water partition coefficient (Wildman–Crippen LogP) is 6.12. The van der Waals surface area contributed by atoms with E-state index in [0.29, 0.717) is 13.0 Å². The molecule has 3 aliphatic heterocycles. The first kappa shape index (κ1) is 36.7. The lowest BCUT2D eigenvalue weighted by Crippen LogP contribution is -2.51. The highest BCUT2D eigenvalue weighted by Gasteiger charge is 2.44. The summed E-state index contributed by atoms with van der Waals surface area (Å²) in [5, 5.41) is 5.41. The number of carbonyl (C=O) groups excluding carboxylic acids is 4. The Labute approximate surface area is 314 Å². The van der Waals surface area contributed by atoms with Gasteiger partial charge in [-0.1, -0.05) is 62.4 Å². The Hall–Kier alpha value is -5.66. The van der Waals surface area contributed by atoms with Gasteiger partial charge in [0.25, 0.3) is 0 Å². The lowest BCUT2D eigenvalue weighted by Gasteiger charge is -2.30. The van der Waals surface area contributed by atoms with Crippen LogP contribution in [0.3, 0.4) is 0 Å². The molecule has 0 saturated carbocycles. The Morgan fingerprint density at radius 3 is 1.89 bits per heavy atom. The number of hydrogen-bond acceptors (Lipinski definition) is 8. The largest absolute Gasteiger partial charge is 0.453 e. The van der Waals surface area contributed by atoms with Crippen molar-refractivity contribution in [3.05, 3.63) is 72.6 Å². The summed E-state index contributed by atoms with van der Waals surface area (Å²) in [5.41, 5.74) is 5.83. The summed E-state index contributed by atoms with van der Waals surface area (Å²) < 4.78 is 9.51. The summed E-state index contributed by atoms with van der Waals surface area (Å²) in [6.07, 6.45) is 8.12. The standard InChI is InChI=1S/C40H48N8O6/c1-23(2)34(46-40(52)54-4)38(50)47-20-6-9-32(47)35-41-21-30(43-35)26-14-10-24(11-15-26)25-12-16-27(17-13-25)31-22-42-36(44-31)33-19-18-28-7-5-8-29(37(49)48(28)33)45-39(51)53-3/h10-17,21-23,28-29,32-34H,5-9,18-20H2,1-4H3,(H,41,43)(H,42,44)(H,45,51)(H,46,52)/t28-,29+,32+,33+,34?/m1/s1.